The van der Waals surface area contributed by atoms with Gasteiger partial charge >= 0.3 is 6.61 Å². The molecule has 0 aliphatic carbocycles. The minimum Gasteiger partial charge on any atom is -0.494 e. The SMILES string of the molecule is COc1ccc(CNCc2ccc(OC(F)F)cc2)cc1F. The van der Waals surface area contributed by atoms with Gasteiger partial charge in [0.15, 0.2) is 11.6 Å². The van der Waals surface area contributed by atoms with Gasteiger partial charge in [-0.25, -0.2) is 4.39 Å². The Kier molecular flexibility index (Phi) is 5.66. The van der Waals surface area contributed by atoms with E-state index in [1.54, 1.807) is 24.3 Å². The predicted octanol–water partition coefficient (Wildman–Crippen LogP) is 3.73. The Bertz CT molecular complexity index is 603. The first-order valence-corrected chi connectivity index (χ1v) is 6.65. The van der Waals surface area contributed by atoms with E-state index in [1.165, 1.54) is 25.3 Å². The van der Waals surface area contributed by atoms with Crippen LogP contribution in [0.15, 0.2) is 42.5 Å². The maximum absolute atomic E-state index is 13.5. The number of nitrogens with one attached hydrogen (secondary N) is 1. The Morgan fingerprint density at radius 2 is 1.64 bits per heavy atom. The molecule has 118 valence electrons. The van der Waals surface area contributed by atoms with Gasteiger partial charge in [-0.15, -0.1) is 0 Å². The molecule has 2 aromatic rings. The van der Waals surface area contributed by atoms with Crippen LogP contribution in [-0.2, 0) is 13.1 Å². The molecule has 0 aromatic heterocycles. The summed E-state index contributed by atoms with van der Waals surface area (Å²) in [6, 6.07) is 11.1. The van der Waals surface area contributed by atoms with Crippen molar-refractivity contribution < 1.29 is 22.6 Å². The van der Waals surface area contributed by atoms with Crippen molar-refractivity contribution in [3.63, 3.8) is 0 Å². The quantitative estimate of drug-likeness (QED) is 0.845. The fraction of sp³-hybridized carbons (Fsp3) is 0.250. The van der Waals surface area contributed by atoms with Gasteiger partial charge in [-0.3, -0.25) is 0 Å². The molecule has 0 aliphatic heterocycles. The van der Waals surface area contributed by atoms with Gasteiger partial charge in [0.25, 0.3) is 0 Å². The summed E-state index contributed by atoms with van der Waals surface area (Å²) in [7, 11) is 1.41. The van der Waals surface area contributed by atoms with Gasteiger partial charge in [-0.1, -0.05) is 18.2 Å². The van der Waals surface area contributed by atoms with Gasteiger partial charge in [0.2, 0.25) is 0 Å². The molecule has 0 aliphatic rings. The summed E-state index contributed by atoms with van der Waals surface area (Å²) >= 11 is 0. The molecule has 2 rings (SSSR count). The van der Waals surface area contributed by atoms with E-state index in [2.05, 4.69) is 10.1 Å². The van der Waals surface area contributed by atoms with Crippen LogP contribution in [0.4, 0.5) is 13.2 Å². The molecule has 6 heteroatoms. The zero-order valence-electron chi connectivity index (χ0n) is 12.0. The van der Waals surface area contributed by atoms with Crippen LogP contribution in [0.2, 0.25) is 0 Å². The van der Waals surface area contributed by atoms with Crippen LogP contribution in [-0.4, -0.2) is 13.7 Å². The van der Waals surface area contributed by atoms with Crippen LogP contribution >= 0.6 is 0 Å². The van der Waals surface area contributed by atoms with Gasteiger partial charge in [0, 0.05) is 13.1 Å². The Labute approximate surface area is 126 Å². The third-order valence-corrected chi connectivity index (χ3v) is 3.02. The molecule has 2 aromatic carbocycles. The lowest BCUT2D eigenvalue weighted by Gasteiger charge is -2.08. The third kappa shape index (κ3) is 4.66. The van der Waals surface area contributed by atoms with Crippen LogP contribution in [0.25, 0.3) is 0 Å². The molecule has 1 N–H and O–H groups in total. The summed E-state index contributed by atoms with van der Waals surface area (Å²) in [5.41, 5.74) is 1.70. The number of benzene rings is 2. The normalized spacial score (nSPS) is 10.8. The lowest BCUT2D eigenvalue weighted by atomic mass is 10.2. The number of methoxy groups -OCH3 is 1. The fourth-order valence-corrected chi connectivity index (χ4v) is 1.96. The second-order valence-corrected chi connectivity index (χ2v) is 4.59. The van der Waals surface area contributed by atoms with E-state index >= 15 is 0 Å². The Morgan fingerprint density at radius 3 is 2.23 bits per heavy atom. The highest BCUT2D eigenvalue weighted by Crippen LogP contribution is 2.18. The van der Waals surface area contributed by atoms with Gasteiger partial charge in [0.1, 0.15) is 5.75 Å². The first-order chi connectivity index (χ1) is 10.6. The topological polar surface area (TPSA) is 30.5 Å². The maximum Gasteiger partial charge on any atom is 0.387 e. The van der Waals surface area contributed by atoms with E-state index in [9.17, 15) is 13.2 Å². The number of hydrogen-bond acceptors (Lipinski definition) is 3. The van der Waals surface area contributed by atoms with Gasteiger partial charge in [-0.05, 0) is 35.4 Å². The first kappa shape index (κ1) is 16.2. The Hall–Kier alpha value is -2.21. The lowest BCUT2D eigenvalue weighted by Crippen LogP contribution is -2.13. The molecule has 0 heterocycles. The maximum atomic E-state index is 13.5. The van der Waals surface area contributed by atoms with Gasteiger partial charge in [0.05, 0.1) is 7.11 Å². The lowest BCUT2D eigenvalue weighted by molar-refractivity contribution is -0.0498. The molecule has 0 saturated heterocycles. The molecule has 0 fully saturated rings. The summed E-state index contributed by atoms with van der Waals surface area (Å²) in [5, 5.41) is 3.15. The molecule has 0 amide bonds. The number of alkyl halides is 2. The standard InChI is InChI=1S/C16H16F3NO2/c1-21-15-7-4-12(8-14(15)17)10-20-9-11-2-5-13(6-3-11)22-16(18)19/h2-8,16,20H,9-10H2,1H3. The Balaban J connectivity index is 1.84. The minimum atomic E-state index is -2.83. The smallest absolute Gasteiger partial charge is 0.387 e. The highest BCUT2D eigenvalue weighted by atomic mass is 19.3. The molecule has 0 atom stereocenters. The summed E-state index contributed by atoms with van der Waals surface area (Å²) < 4.78 is 46.7. The van der Waals surface area contributed by atoms with E-state index in [0.29, 0.717) is 13.1 Å². The molecule has 0 unspecified atom stereocenters. The molecule has 3 nitrogen and oxygen atoms in total. The van der Waals surface area contributed by atoms with E-state index in [1.807, 2.05) is 0 Å². The molecule has 0 bridgehead atoms. The summed E-state index contributed by atoms with van der Waals surface area (Å²) in [6.45, 7) is -1.81. The van der Waals surface area contributed by atoms with E-state index in [0.717, 1.165) is 11.1 Å². The van der Waals surface area contributed by atoms with Crippen LogP contribution in [0, 0.1) is 5.82 Å². The van der Waals surface area contributed by atoms with Crippen LogP contribution in [0.5, 0.6) is 11.5 Å². The zero-order chi connectivity index (χ0) is 15.9. The number of rotatable bonds is 7. The van der Waals surface area contributed by atoms with Crippen LogP contribution < -0.4 is 14.8 Å². The number of halogens is 3. The molecule has 0 spiro atoms. The fourth-order valence-electron chi connectivity index (χ4n) is 1.96. The molecular formula is C16H16F3NO2. The van der Waals surface area contributed by atoms with Gasteiger partial charge in [-0.2, -0.15) is 8.78 Å². The third-order valence-electron chi connectivity index (χ3n) is 3.02. The molecule has 0 radical (unpaired) electrons. The van der Waals surface area contributed by atoms with Crippen molar-refractivity contribution in [1.29, 1.82) is 0 Å². The van der Waals surface area contributed by atoms with E-state index in [-0.39, 0.29) is 11.5 Å². The number of ether oxygens (including phenoxy) is 2. The van der Waals surface area contributed by atoms with Crippen molar-refractivity contribution in [2.24, 2.45) is 0 Å². The van der Waals surface area contributed by atoms with Crippen molar-refractivity contribution >= 4 is 0 Å². The largest absolute Gasteiger partial charge is 0.494 e. The molecular weight excluding hydrogens is 295 g/mol. The van der Waals surface area contributed by atoms with Crippen LogP contribution in [0.3, 0.4) is 0 Å². The number of hydrogen-bond donors (Lipinski definition) is 1. The second-order valence-electron chi connectivity index (χ2n) is 4.59. The minimum absolute atomic E-state index is 0.121. The van der Waals surface area contributed by atoms with Crippen molar-refractivity contribution in [2.75, 3.05) is 7.11 Å². The van der Waals surface area contributed by atoms with Crippen LogP contribution in [0.1, 0.15) is 11.1 Å². The summed E-state index contributed by atoms with van der Waals surface area (Å²) in [6.07, 6.45) is 0. The molecule has 22 heavy (non-hydrogen) atoms. The van der Waals surface area contributed by atoms with Gasteiger partial charge < -0.3 is 14.8 Å². The molecule has 0 saturated carbocycles. The predicted molar refractivity (Wildman–Crippen MR) is 76.6 cm³/mol. The first-order valence-electron chi connectivity index (χ1n) is 6.65. The monoisotopic (exact) mass is 311 g/mol. The second kappa shape index (κ2) is 7.70. The zero-order valence-corrected chi connectivity index (χ0v) is 12.0. The van der Waals surface area contributed by atoms with Crippen molar-refractivity contribution in [2.45, 2.75) is 19.7 Å². The van der Waals surface area contributed by atoms with E-state index < -0.39 is 12.4 Å². The average molecular weight is 311 g/mol. The van der Waals surface area contributed by atoms with E-state index in [4.69, 9.17) is 4.74 Å². The average Bonchev–Trinajstić information content (AvgIpc) is 2.49. The highest BCUT2D eigenvalue weighted by Gasteiger charge is 2.05. The summed E-state index contributed by atoms with van der Waals surface area (Å²) in [4.78, 5) is 0. The Morgan fingerprint density at radius 1 is 1.00 bits per heavy atom. The van der Waals surface area contributed by atoms with Crippen molar-refractivity contribution in [3.8, 4) is 11.5 Å². The van der Waals surface area contributed by atoms with Crippen molar-refractivity contribution in [1.82, 2.24) is 5.32 Å². The highest BCUT2D eigenvalue weighted by molar-refractivity contribution is 5.30. The van der Waals surface area contributed by atoms with Crippen molar-refractivity contribution in [3.05, 3.63) is 59.4 Å². The summed E-state index contributed by atoms with van der Waals surface area (Å²) in [5.74, 6) is -0.0790.